The highest BCUT2D eigenvalue weighted by molar-refractivity contribution is 6.06. The molecule has 3 heterocycles. The summed E-state index contributed by atoms with van der Waals surface area (Å²) in [5, 5.41) is 11.7. The zero-order chi connectivity index (χ0) is 16.8. The van der Waals surface area contributed by atoms with Crippen LogP contribution >= 0.6 is 0 Å². The quantitative estimate of drug-likeness (QED) is 0.875. The molecule has 3 aliphatic rings. The molecule has 0 bridgehead atoms. The summed E-state index contributed by atoms with van der Waals surface area (Å²) in [6, 6.07) is 1.99. The lowest BCUT2D eigenvalue weighted by molar-refractivity contribution is 0.0953. The summed E-state index contributed by atoms with van der Waals surface area (Å²) in [7, 11) is 0. The van der Waals surface area contributed by atoms with Gasteiger partial charge >= 0.3 is 0 Å². The van der Waals surface area contributed by atoms with Crippen LogP contribution in [0.4, 0.5) is 0 Å². The lowest BCUT2D eigenvalue weighted by Gasteiger charge is -2.21. The van der Waals surface area contributed by atoms with Gasteiger partial charge in [0.2, 0.25) is 0 Å². The number of nitrogens with zero attached hydrogens (tertiary/aromatic N) is 2. The van der Waals surface area contributed by atoms with Gasteiger partial charge in [0, 0.05) is 30.6 Å². The minimum absolute atomic E-state index is 0.00517. The van der Waals surface area contributed by atoms with Gasteiger partial charge in [-0.3, -0.25) is 4.79 Å². The van der Waals surface area contributed by atoms with Gasteiger partial charge in [0.05, 0.1) is 16.6 Å². The van der Waals surface area contributed by atoms with E-state index in [1.165, 1.54) is 12.8 Å². The number of carbonyl (C=O) groups excluding carboxylic acids is 1. The van der Waals surface area contributed by atoms with E-state index in [0.717, 1.165) is 62.1 Å². The fourth-order valence-electron chi connectivity index (χ4n) is 3.78. The third-order valence-electron chi connectivity index (χ3n) is 5.66. The van der Waals surface area contributed by atoms with Gasteiger partial charge in [0.15, 0.2) is 0 Å². The molecule has 1 aliphatic heterocycles. The second kappa shape index (κ2) is 6.09. The standard InChI is InChI=1S/C19H24N4O2/c24-18(21-9-11-3-4-11)14-8-15(12-5-6-12)22-19-16(14)17(23-25-19)13-2-1-7-20-10-13/h8,11-13,20H,1-7,9-10H2,(H,21,24). The van der Waals surface area contributed by atoms with E-state index in [1.807, 2.05) is 6.07 Å². The predicted octanol–water partition coefficient (Wildman–Crippen LogP) is 2.71. The number of nitrogens with one attached hydrogen (secondary N) is 2. The second-order valence-electron chi connectivity index (χ2n) is 7.81. The third-order valence-corrected chi connectivity index (χ3v) is 5.66. The van der Waals surface area contributed by atoms with Gasteiger partial charge in [-0.25, -0.2) is 4.98 Å². The van der Waals surface area contributed by atoms with E-state index in [-0.39, 0.29) is 5.91 Å². The maximum absolute atomic E-state index is 12.9. The molecule has 6 nitrogen and oxygen atoms in total. The molecule has 3 fully saturated rings. The van der Waals surface area contributed by atoms with Crippen LogP contribution < -0.4 is 10.6 Å². The van der Waals surface area contributed by atoms with E-state index in [1.54, 1.807) is 0 Å². The molecule has 2 N–H and O–H groups in total. The molecule has 1 amide bonds. The van der Waals surface area contributed by atoms with Crippen molar-refractivity contribution in [3.63, 3.8) is 0 Å². The van der Waals surface area contributed by atoms with Gasteiger partial charge in [-0.05, 0) is 57.1 Å². The molecule has 5 rings (SSSR count). The average Bonchev–Trinajstić information content (AvgIpc) is 3.57. The molecule has 25 heavy (non-hydrogen) atoms. The normalized spacial score (nSPS) is 23.8. The summed E-state index contributed by atoms with van der Waals surface area (Å²) in [6.07, 6.45) is 6.94. The number of aromatic nitrogens is 2. The highest BCUT2D eigenvalue weighted by Crippen LogP contribution is 2.41. The summed E-state index contributed by atoms with van der Waals surface area (Å²) in [6.45, 7) is 2.70. The maximum Gasteiger partial charge on any atom is 0.259 e. The molecule has 2 aromatic heterocycles. The van der Waals surface area contributed by atoms with E-state index in [9.17, 15) is 4.79 Å². The number of hydrogen-bond acceptors (Lipinski definition) is 5. The lowest BCUT2D eigenvalue weighted by atomic mass is 9.92. The van der Waals surface area contributed by atoms with Gasteiger partial charge < -0.3 is 15.2 Å². The summed E-state index contributed by atoms with van der Waals surface area (Å²) in [5.41, 5.74) is 3.11. The van der Waals surface area contributed by atoms with Crippen LogP contribution in [0.2, 0.25) is 0 Å². The molecule has 0 spiro atoms. The maximum atomic E-state index is 12.9. The van der Waals surface area contributed by atoms with Gasteiger partial charge in [0.1, 0.15) is 0 Å². The Labute approximate surface area is 146 Å². The minimum Gasteiger partial charge on any atom is -0.352 e. The minimum atomic E-state index is -0.00517. The van der Waals surface area contributed by atoms with Gasteiger partial charge in [-0.2, -0.15) is 0 Å². The number of fused-ring (bicyclic) bond motifs is 1. The van der Waals surface area contributed by atoms with Crippen molar-refractivity contribution >= 4 is 17.0 Å². The summed E-state index contributed by atoms with van der Waals surface area (Å²) in [5.74, 6) is 1.42. The van der Waals surface area contributed by atoms with Crippen molar-refractivity contribution in [2.45, 2.75) is 50.4 Å². The molecule has 1 saturated heterocycles. The number of amides is 1. The Morgan fingerprint density at radius 3 is 2.84 bits per heavy atom. The Morgan fingerprint density at radius 2 is 2.12 bits per heavy atom. The number of rotatable bonds is 5. The van der Waals surface area contributed by atoms with Crippen LogP contribution in [0.3, 0.4) is 0 Å². The molecule has 1 atom stereocenters. The Balaban J connectivity index is 1.55. The van der Waals surface area contributed by atoms with Gasteiger partial charge in [-0.1, -0.05) is 5.16 Å². The molecular formula is C19H24N4O2. The van der Waals surface area contributed by atoms with Crippen molar-refractivity contribution in [3.8, 4) is 0 Å². The fraction of sp³-hybridized carbons (Fsp3) is 0.632. The zero-order valence-electron chi connectivity index (χ0n) is 14.4. The first kappa shape index (κ1) is 15.3. The summed E-state index contributed by atoms with van der Waals surface area (Å²) < 4.78 is 5.58. The third kappa shape index (κ3) is 3.03. The van der Waals surface area contributed by atoms with E-state index in [4.69, 9.17) is 4.52 Å². The molecular weight excluding hydrogens is 316 g/mol. The largest absolute Gasteiger partial charge is 0.352 e. The van der Waals surface area contributed by atoms with E-state index < -0.39 is 0 Å². The van der Waals surface area contributed by atoms with Gasteiger partial charge in [-0.15, -0.1) is 0 Å². The van der Waals surface area contributed by atoms with Crippen molar-refractivity contribution in [3.05, 3.63) is 23.0 Å². The first-order chi connectivity index (χ1) is 12.3. The van der Waals surface area contributed by atoms with Gasteiger partial charge in [0.25, 0.3) is 11.6 Å². The summed E-state index contributed by atoms with van der Waals surface area (Å²) >= 11 is 0. The summed E-state index contributed by atoms with van der Waals surface area (Å²) in [4.78, 5) is 17.6. The molecule has 0 aromatic carbocycles. The van der Waals surface area contributed by atoms with Crippen LogP contribution in [-0.4, -0.2) is 35.7 Å². The monoisotopic (exact) mass is 340 g/mol. The molecule has 0 radical (unpaired) electrons. The molecule has 6 heteroatoms. The first-order valence-corrected chi connectivity index (χ1v) is 9.58. The average molecular weight is 340 g/mol. The van der Waals surface area contributed by atoms with Crippen LogP contribution in [0.15, 0.2) is 10.6 Å². The Kier molecular flexibility index (Phi) is 3.73. The number of carbonyl (C=O) groups is 1. The molecule has 1 unspecified atom stereocenters. The second-order valence-corrected chi connectivity index (χ2v) is 7.81. The van der Waals surface area contributed by atoms with Crippen LogP contribution in [0.1, 0.15) is 72.1 Å². The lowest BCUT2D eigenvalue weighted by Crippen LogP contribution is -2.29. The number of pyridine rings is 1. The smallest absolute Gasteiger partial charge is 0.259 e. The molecule has 2 aliphatic carbocycles. The van der Waals surface area contributed by atoms with Crippen molar-refractivity contribution in [1.82, 2.24) is 20.8 Å². The fourth-order valence-corrected chi connectivity index (χ4v) is 3.78. The Bertz CT molecular complexity index is 801. The van der Waals surface area contributed by atoms with Crippen molar-refractivity contribution in [2.75, 3.05) is 19.6 Å². The highest BCUT2D eigenvalue weighted by Gasteiger charge is 2.31. The SMILES string of the molecule is O=C(NCC1CC1)c1cc(C2CC2)nc2onc(C3CCCNC3)c12. The van der Waals surface area contributed by atoms with E-state index in [2.05, 4.69) is 20.8 Å². The van der Waals surface area contributed by atoms with Crippen LogP contribution in [0.25, 0.3) is 11.1 Å². The van der Waals surface area contributed by atoms with Crippen LogP contribution in [0.5, 0.6) is 0 Å². The van der Waals surface area contributed by atoms with Crippen molar-refractivity contribution < 1.29 is 9.32 Å². The number of hydrogen-bond donors (Lipinski definition) is 2. The Morgan fingerprint density at radius 1 is 1.24 bits per heavy atom. The van der Waals surface area contributed by atoms with Crippen molar-refractivity contribution in [1.29, 1.82) is 0 Å². The topological polar surface area (TPSA) is 80.1 Å². The van der Waals surface area contributed by atoms with E-state index in [0.29, 0.717) is 29.0 Å². The molecule has 2 saturated carbocycles. The molecule has 2 aromatic rings. The van der Waals surface area contributed by atoms with E-state index >= 15 is 0 Å². The Hall–Kier alpha value is -1.95. The number of piperidine rings is 1. The van der Waals surface area contributed by atoms with Crippen molar-refractivity contribution in [2.24, 2.45) is 5.92 Å². The van der Waals surface area contributed by atoms with Crippen LogP contribution in [-0.2, 0) is 0 Å². The van der Waals surface area contributed by atoms with Crippen LogP contribution in [0, 0.1) is 5.92 Å². The predicted molar refractivity (Wildman–Crippen MR) is 93.7 cm³/mol. The first-order valence-electron chi connectivity index (χ1n) is 9.58. The molecule has 132 valence electrons. The zero-order valence-corrected chi connectivity index (χ0v) is 14.4. The highest BCUT2D eigenvalue weighted by atomic mass is 16.5.